The fourth-order valence-electron chi connectivity index (χ4n) is 2.62. The van der Waals surface area contributed by atoms with Crippen molar-refractivity contribution in [2.75, 3.05) is 11.9 Å². The highest BCUT2D eigenvalue weighted by molar-refractivity contribution is 6.17. The lowest BCUT2D eigenvalue weighted by Gasteiger charge is -2.17. The summed E-state index contributed by atoms with van der Waals surface area (Å²) in [4.78, 5) is 1.62. The summed E-state index contributed by atoms with van der Waals surface area (Å²) < 4.78 is 0. The van der Waals surface area contributed by atoms with E-state index in [-0.39, 0.29) is 0 Å². The number of aryl methyl sites for hydroxylation is 2. The molecule has 0 aliphatic rings. The lowest BCUT2D eigenvalue weighted by Crippen LogP contribution is -2.12. The van der Waals surface area contributed by atoms with E-state index >= 15 is 0 Å². The Labute approximate surface area is 151 Å². The molecule has 0 spiro atoms. The van der Waals surface area contributed by atoms with Crippen molar-refractivity contribution in [2.24, 2.45) is 10.2 Å². The summed E-state index contributed by atoms with van der Waals surface area (Å²) in [5.74, 6) is 0. The molecule has 126 valence electrons. The Morgan fingerprint density at radius 2 is 1.48 bits per heavy atom. The van der Waals surface area contributed by atoms with Crippen LogP contribution in [0, 0.1) is 13.8 Å². The van der Waals surface area contributed by atoms with Gasteiger partial charge < -0.3 is 4.81 Å². The predicted octanol–water partition coefficient (Wildman–Crippen LogP) is 6.42. The Morgan fingerprint density at radius 3 is 2.16 bits per heavy atom. The average Bonchev–Trinajstić information content (AvgIpc) is 2.63. The van der Waals surface area contributed by atoms with Gasteiger partial charge in [-0.2, -0.15) is 10.2 Å². The Hall–Kier alpha value is -2.62. The van der Waals surface area contributed by atoms with Gasteiger partial charge in [0.25, 0.3) is 0 Å². The fraction of sp³-hybridized carbons (Fsp3) is 0.238. The second kappa shape index (κ2) is 8.47. The van der Waals surface area contributed by atoms with E-state index in [9.17, 15) is 0 Å². The van der Waals surface area contributed by atoms with Gasteiger partial charge in [0, 0.05) is 5.69 Å². The van der Waals surface area contributed by atoms with Crippen LogP contribution in [-0.4, -0.2) is 15.0 Å². The first-order valence-corrected chi connectivity index (χ1v) is 8.55. The average molecular weight is 329 g/mol. The van der Waals surface area contributed by atoms with Crippen molar-refractivity contribution >= 4 is 35.8 Å². The fourth-order valence-corrected chi connectivity index (χ4v) is 2.62. The van der Waals surface area contributed by atoms with E-state index in [1.54, 1.807) is 4.81 Å². The SMILES string of the molecule is CC.[B]N(C)c1cc(C)c(N=Nc2ccc3ccccc3c2)cc1C. The van der Waals surface area contributed by atoms with Crippen LogP contribution in [0.1, 0.15) is 25.0 Å². The first kappa shape index (κ1) is 18.7. The van der Waals surface area contributed by atoms with Gasteiger partial charge in [0.05, 0.1) is 11.4 Å². The standard InChI is InChI=1S/C19H18BN3.C2H6/c1-13-11-19(23(3)20)14(2)10-18(13)22-21-17-9-8-15-6-4-5-7-16(15)12-17;1-2/h4-12H,1-3H3;1-2H3. The van der Waals surface area contributed by atoms with Gasteiger partial charge in [0.1, 0.15) is 0 Å². The van der Waals surface area contributed by atoms with Crippen LogP contribution in [0.2, 0.25) is 0 Å². The number of nitrogens with zero attached hydrogens (tertiary/aromatic N) is 3. The van der Waals surface area contributed by atoms with Gasteiger partial charge in [0.15, 0.2) is 0 Å². The molecule has 0 saturated carbocycles. The summed E-state index contributed by atoms with van der Waals surface area (Å²) >= 11 is 0. The number of anilines is 1. The topological polar surface area (TPSA) is 28.0 Å². The normalized spacial score (nSPS) is 10.6. The van der Waals surface area contributed by atoms with Crippen molar-refractivity contribution in [3.8, 4) is 0 Å². The van der Waals surface area contributed by atoms with Crippen LogP contribution < -0.4 is 4.81 Å². The Morgan fingerprint density at radius 1 is 0.800 bits per heavy atom. The van der Waals surface area contributed by atoms with E-state index in [0.717, 1.165) is 33.6 Å². The molecule has 0 aromatic heterocycles. The highest BCUT2D eigenvalue weighted by Gasteiger charge is 2.05. The number of hydrogen-bond donors (Lipinski definition) is 0. The largest absolute Gasteiger partial charge is 0.427 e. The smallest absolute Gasteiger partial charge is 0.226 e. The molecule has 0 atom stereocenters. The van der Waals surface area contributed by atoms with Crippen molar-refractivity contribution in [3.05, 3.63) is 65.7 Å². The molecule has 0 N–H and O–H groups in total. The van der Waals surface area contributed by atoms with Gasteiger partial charge in [-0.15, -0.1) is 0 Å². The molecule has 0 amide bonds. The quantitative estimate of drug-likeness (QED) is 0.402. The van der Waals surface area contributed by atoms with Gasteiger partial charge in [-0.05, 0) is 67.1 Å². The predicted molar refractivity (Wildman–Crippen MR) is 110 cm³/mol. The minimum atomic E-state index is 0.848. The highest BCUT2D eigenvalue weighted by atomic mass is 15.1. The third kappa shape index (κ3) is 4.47. The summed E-state index contributed by atoms with van der Waals surface area (Å²) in [5.41, 5.74) is 4.83. The van der Waals surface area contributed by atoms with E-state index in [1.165, 1.54) is 5.39 Å². The molecule has 4 heteroatoms. The number of fused-ring (bicyclic) bond motifs is 1. The first-order valence-electron chi connectivity index (χ1n) is 8.55. The summed E-state index contributed by atoms with van der Waals surface area (Å²) in [6.07, 6.45) is 0. The Kier molecular flexibility index (Phi) is 6.34. The highest BCUT2D eigenvalue weighted by Crippen LogP contribution is 2.30. The number of azo groups is 1. The maximum Gasteiger partial charge on any atom is 0.226 e. The molecule has 3 nitrogen and oxygen atoms in total. The van der Waals surface area contributed by atoms with Crippen LogP contribution in [-0.2, 0) is 0 Å². The second-order valence-electron chi connectivity index (χ2n) is 5.77. The van der Waals surface area contributed by atoms with Crippen LogP contribution in [0.4, 0.5) is 17.1 Å². The molecule has 0 saturated heterocycles. The van der Waals surface area contributed by atoms with E-state index in [0.29, 0.717) is 0 Å². The van der Waals surface area contributed by atoms with Crippen LogP contribution >= 0.6 is 0 Å². The molecule has 0 aliphatic heterocycles. The van der Waals surface area contributed by atoms with E-state index in [1.807, 2.05) is 71.1 Å². The molecule has 25 heavy (non-hydrogen) atoms. The molecule has 0 unspecified atom stereocenters. The van der Waals surface area contributed by atoms with E-state index in [2.05, 4.69) is 28.4 Å². The monoisotopic (exact) mass is 329 g/mol. The Balaban J connectivity index is 0.00000109. The molecule has 3 aromatic rings. The molecule has 0 aliphatic carbocycles. The van der Waals surface area contributed by atoms with Crippen LogP contribution in [0.15, 0.2) is 64.8 Å². The van der Waals surface area contributed by atoms with Crippen molar-refractivity contribution < 1.29 is 0 Å². The van der Waals surface area contributed by atoms with E-state index < -0.39 is 0 Å². The lowest BCUT2D eigenvalue weighted by atomic mass is 10.1. The zero-order valence-electron chi connectivity index (χ0n) is 15.6. The number of rotatable bonds is 3. The molecular weight excluding hydrogens is 305 g/mol. The first-order chi connectivity index (χ1) is 12.0. The molecule has 0 fully saturated rings. The molecular formula is C21H24BN3. The van der Waals surface area contributed by atoms with Crippen molar-refractivity contribution in [2.45, 2.75) is 27.7 Å². The van der Waals surface area contributed by atoms with Crippen LogP contribution in [0.25, 0.3) is 10.8 Å². The summed E-state index contributed by atoms with van der Waals surface area (Å²) in [5, 5.41) is 11.2. The van der Waals surface area contributed by atoms with Gasteiger partial charge in [-0.1, -0.05) is 44.2 Å². The summed E-state index contributed by atoms with van der Waals surface area (Å²) in [6.45, 7) is 8.04. The van der Waals surface area contributed by atoms with Crippen molar-refractivity contribution in [1.29, 1.82) is 0 Å². The minimum Gasteiger partial charge on any atom is -0.427 e. The van der Waals surface area contributed by atoms with Gasteiger partial charge in [-0.3, -0.25) is 0 Å². The molecule has 0 bridgehead atoms. The number of benzene rings is 3. The third-order valence-corrected chi connectivity index (χ3v) is 3.90. The minimum absolute atomic E-state index is 0.848. The lowest BCUT2D eigenvalue weighted by molar-refractivity contribution is 1.19. The molecule has 0 heterocycles. The van der Waals surface area contributed by atoms with Gasteiger partial charge >= 0.3 is 0 Å². The summed E-state index contributed by atoms with van der Waals surface area (Å²) in [7, 11) is 7.66. The maximum absolute atomic E-state index is 5.83. The molecule has 3 rings (SSSR count). The third-order valence-electron chi connectivity index (χ3n) is 3.90. The second-order valence-corrected chi connectivity index (χ2v) is 5.77. The van der Waals surface area contributed by atoms with Gasteiger partial charge in [-0.25, -0.2) is 0 Å². The van der Waals surface area contributed by atoms with Crippen LogP contribution in [0.5, 0.6) is 0 Å². The zero-order chi connectivity index (χ0) is 18.4. The van der Waals surface area contributed by atoms with Crippen molar-refractivity contribution in [3.63, 3.8) is 0 Å². The van der Waals surface area contributed by atoms with Crippen molar-refractivity contribution in [1.82, 2.24) is 0 Å². The zero-order valence-corrected chi connectivity index (χ0v) is 15.6. The van der Waals surface area contributed by atoms with E-state index in [4.69, 9.17) is 7.98 Å². The van der Waals surface area contributed by atoms with Gasteiger partial charge in [0.2, 0.25) is 7.98 Å². The number of hydrogen-bond acceptors (Lipinski definition) is 3. The maximum atomic E-state index is 5.83. The summed E-state index contributed by atoms with van der Waals surface area (Å²) in [6, 6.07) is 18.4. The molecule has 2 radical (unpaired) electrons. The molecule has 3 aromatic carbocycles. The Bertz CT molecular complexity index is 885. The van der Waals surface area contributed by atoms with Crippen LogP contribution in [0.3, 0.4) is 0 Å².